The number of hydrogen-bond donors (Lipinski definition) is 2. The Kier molecular flexibility index (Phi) is 4.52. The summed E-state index contributed by atoms with van der Waals surface area (Å²) < 4.78 is 1.08. The molecular weight excluding hydrogens is 270 g/mol. The Hall–Kier alpha value is -1.17. The lowest BCUT2D eigenvalue weighted by Gasteiger charge is -2.01. The predicted molar refractivity (Wildman–Crippen MR) is 75.0 cm³/mol. The van der Waals surface area contributed by atoms with Gasteiger partial charge in [-0.3, -0.25) is 4.79 Å². The summed E-state index contributed by atoms with van der Waals surface area (Å²) in [5.41, 5.74) is 0.881. The highest BCUT2D eigenvalue weighted by molar-refractivity contribution is 7.18. The Balaban J connectivity index is 1.97. The van der Waals surface area contributed by atoms with Crippen LogP contribution in [-0.2, 0) is 11.3 Å². The third-order valence-electron chi connectivity index (χ3n) is 2.43. The average Bonchev–Trinajstić information content (AvgIpc) is 2.75. The van der Waals surface area contributed by atoms with E-state index in [1.165, 1.54) is 0 Å². The van der Waals surface area contributed by atoms with E-state index in [1.807, 2.05) is 25.2 Å². The van der Waals surface area contributed by atoms with Crippen molar-refractivity contribution in [2.45, 2.75) is 13.0 Å². The first-order chi connectivity index (χ1) is 8.69. The number of rotatable bonds is 5. The molecule has 0 radical (unpaired) electrons. The van der Waals surface area contributed by atoms with Crippen LogP contribution in [0.3, 0.4) is 0 Å². The summed E-state index contributed by atoms with van der Waals surface area (Å²) in [4.78, 5) is 15.9. The molecule has 0 saturated carbocycles. The predicted octanol–water partition coefficient (Wildman–Crippen LogP) is 2.18. The highest BCUT2D eigenvalue weighted by Crippen LogP contribution is 2.24. The van der Waals surface area contributed by atoms with Gasteiger partial charge in [-0.25, -0.2) is 4.98 Å². The third-order valence-corrected chi connectivity index (χ3v) is 3.70. The summed E-state index contributed by atoms with van der Waals surface area (Å²) in [7, 11) is 1.82. The first-order valence-electron chi connectivity index (χ1n) is 5.65. The molecule has 96 valence electrons. The van der Waals surface area contributed by atoms with Crippen LogP contribution in [0.15, 0.2) is 18.2 Å². The molecule has 0 aliphatic carbocycles. The van der Waals surface area contributed by atoms with E-state index in [0.717, 1.165) is 15.2 Å². The molecule has 0 aliphatic heterocycles. The number of halogens is 1. The number of fused-ring (bicyclic) bond motifs is 1. The average molecular weight is 284 g/mol. The third kappa shape index (κ3) is 3.41. The number of nitrogens with one attached hydrogen (secondary N) is 2. The first-order valence-corrected chi connectivity index (χ1v) is 6.85. The topological polar surface area (TPSA) is 54.0 Å². The SMILES string of the molecule is CNCCC(=O)NCc1nc2cc(Cl)ccc2s1. The van der Waals surface area contributed by atoms with Crippen molar-refractivity contribution >= 4 is 39.1 Å². The second kappa shape index (κ2) is 6.13. The number of nitrogens with zero attached hydrogens (tertiary/aromatic N) is 1. The Labute approximate surface area is 114 Å². The molecule has 2 rings (SSSR count). The molecule has 4 nitrogen and oxygen atoms in total. The van der Waals surface area contributed by atoms with Crippen LogP contribution in [-0.4, -0.2) is 24.5 Å². The maximum atomic E-state index is 11.4. The number of aromatic nitrogens is 1. The minimum atomic E-state index is 0.0293. The van der Waals surface area contributed by atoms with Gasteiger partial charge in [0, 0.05) is 18.0 Å². The number of carbonyl (C=O) groups is 1. The maximum absolute atomic E-state index is 11.4. The highest BCUT2D eigenvalue weighted by atomic mass is 35.5. The van der Waals surface area contributed by atoms with Gasteiger partial charge < -0.3 is 10.6 Å². The molecule has 0 saturated heterocycles. The van der Waals surface area contributed by atoms with Gasteiger partial charge in [-0.05, 0) is 25.2 Å². The summed E-state index contributed by atoms with van der Waals surface area (Å²) in [6, 6.07) is 5.62. The van der Waals surface area contributed by atoms with Crippen molar-refractivity contribution in [3.05, 3.63) is 28.2 Å². The molecule has 0 spiro atoms. The summed E-state index contributed by atoms with van der Waals surface area (Å²) in [5, 5.41) is 7.35. The highest BCUT2D eigenvalue weighted by Gasteiger charge is 2.06. The van der Waals surface area contributed by atoms with Crippen molar-refractivity contribution in [2.24, 2.45) is 0 Å². The molecule has 0 atom stereocenters. The lowest BCUT2D eigenvalue weighted by Crippen LogP contribution is -2.25. The van der Waals surface area contributed by atoms with Crippen molar-refractivity contribution in [2.75, 3.05) is 13.6 Å². The smallest absolute Gasteiger partial charge is 0.221 e. The molecule has 18 heavy (non-hydrogen) atoms. The van der Waals surface area contributed by atoms with Gasteiger partial charge in [-0.15, -0.1) is 11.3 Å². The molecule has 1 amide bonds. The van der Waals surface area contributed by atoms with Crippen molar-refractivity contribution in [3.8, 4) is 0 Å². The minimum Gasteiger partial charge on any atom is -0.350 e. The fourth-order valence-electron chi connectivity index (χ4n) is 1.53. The van der Waals surface area contributed by atoms with E-state index in [-0.39, 0.29) is 5.91 Å². The normalized spacial score (nSPS) is 10.8. The molecule has 0 fully saturated rings. The van der Waals surface area contributed by atoms with Crippen molar-refractivity contribution < 1.29 is 4.79 Å². The van der Waals surface area contributed by atoms with E-state index in [0.29, 0.717) is 24.5 Å². The Morgan fingerprint density at radius 3 is 3.11 bits per heavy atom. The molecule has 1 aromatic heterocycles. The first kappa shape index (κ1) is 13.3. The molecule has 6 heteroatoms. The van der Waals surface area contributed by atoms with E-state index in [1.54, 1.807) is 11.3 Å². The zero-order valence-electron chi connectivity index (χ0n) is 10.00. The van der Waals surface area contributed by atoms with Gasteiger partial charge in [0.2, 0.25) is 5.91 Å². The molecule has 0 bridgehead atoms. The molecule has 1 heterocycles. The Morgan fingerprint density at radius 1 is 1.50 bits per heavy atom. The van der Waals surface area contributed by atoms with E-state index >= 15 is 0 Å². The Bertz CT molecular complexity index is 555. The van der Waals surface area contributed by atoms with Crippen LogP contribution in [0, 0.1) is 0 Å². The Morgan fingerprint density at radius 2 is 2.33 bits per heavy atom. The maximum Gasteiger partial charge on any atom is 0.221 e. The number of thiazole rings is 1. The van der Waals surface area contributed by atoms with Gasteiger partial charge in [-0.2, -0.15) is 0 Å². The van der Waals surface area contributed by atoms with Gasteiger partial charge >= 0.3 is 0 Å². The fraction of sp³-hybridized carbons (Fsp3) is 0.333. The van der Waals surface area contributed by atoms with E-state index in [4.69, 9.17) is 11.6 Å². The monoisotopic (exact) mass is 283 g/mol. The van der Waals surface area contributed by atoms with Crippen LogP contribution in [0.25, 0.3) is 10.2 Å². The van der Waals surface area contributed by atoms with Crippen LogP contribution < -0.4 is 10.6 Å². The van der Waals surface area contributed by atoms with Crippen molar-refractivity contribution in [1.82, 2.24) is 15.6 Å². The van der Waals surface area contributed by atoms with Crippen LogP contribution in [0.5, 0.6) is 0 Å². The second-order valence-electron chi connectivity index (χ2n) is 3.85. The van der Waals surface area contributed by atoms with E-state index in [9.17, 15) is 4.79 Å². The molecule has 1 aromatic carbocycles. The lowest BCUT2D eigenvalue weighted by molar-refractivity contribution is -0.121. The van der Waals surface area contributed by atoms with Crippen LogP contribution in [0.2, 0.25) is 5.02 Å². The molecule has 2 aromatic rings. The number of hydrogen-bond acceptors (Lipinski definition) is 4. The van der Waals surface area contributed by atoms with Gasteiger partial charge in [-0.1, -0.05) is 11.6 Å². The zero-order valence-corrected chi connectivity index (χ0v) is 11.6. The number of carbonyl (C=O) groups excluding carboxylic acids is 1. The zero-order chi connectivity index (χ0) is 13.0. The van der Waals surface area contributed by atoms with Crippen LogP contribution in [0.4, 0.5) is 0 Å². The summed E-state index contributed by atoms with van der Waals surface area (Å²) >= 11 is 7.47. The molecule has 2 N–H and O–H groups in total. The minimum absolute atomic E-state index is 0.0293. The van der Waals surface area contributed by atoms with Crippen molar-refractivity contribution in [1.29, 1.82) is 0 Å². The fourth-order valence-corrected chi connectivity index (χ4v) is 2.58. The standard InChI is InChI=1S/C12H14ClN3OS/c1-14-5-4-11(17)15-7-12-16-9-6-8(13)2-3-10(9)18-12/h2-3,6,14H,4-5,7H2,1H3,(H,15,17). The summed E-state index contributed by atoms with van der Waals surface area (Å²) in [6.07, 6.45) is 0.479. The quantitative estimate of drug-likeness (QED) is 0.884. The molecule has 0 aliphatic rings. The van der Waals surface area contributed by atoms with Gasteiger partial charge in [0.25, 0.3) is 0 Å². The number of benzene rings is 1. The summed E-state index contributed by atoms with van der Waals surface area (Å²) in [5.74, 6) is 0.0293. The van der Waals surface area contributed by atoms with E-state index < -0.39 is 0 Å². The largest absolute Gasteiger partial charge is 0.350 e. The van der Waals surface area contributed by atoms with Gasteiger partial charge in [0.1, 0.15) is 5.01 Å². The molecule has 0 unspecified atom stereocenters. The van der Waals surface area contributed by atoms with Gasteiger partial charge in [0.15, 0.2) is 0 Å². The van der Waals surface area contributed by atoms with E-state index in [2.05, 4.69) is 15.6 Å². The van der Waals surface area contributed by atoms with Gasteiger partial charge in [0.05, 0.1) is 16.8 Å². The summed E-state index contributed by atoms with van der Waals surface area (Å²) in [6.45, 7) is 1.15. The second-order valence-corrected chi connectivity index (χ2v) is 5.40. The van der Waals surface area contributed by atoms with Crippen LogP contribution >= 0.6 is 22.9 Å². The molecular formula is C12H14ClN3OS. The lowest BCUT2D eigenvalue weighted by atomic mass is 10.3. The van der Waals surface area contributed by atoms with Crippen molar-refractivity contribution in [3.63, 3.8) is 0 Å². The van der Waals surface area contributed by atoms with Crippen LogP contribution in [0.1, 0.15) is 11.4 Å². The number of amides is 1.